The van der Waals surface area contributed by atoms with Gasteiger partial charge in [0.2, 0.25) is 0 Å². The molecule has 2 heteroatoms. The van der Waals surface area contributed by atoms with Gasteiger partial charge in [-0.15, -0.1) is 0 Å². The van der Waals surface area contributed by atoms with E-state index in [2.05, 4.69) is 42.6 Å². The number of nitrogens with two attached hydrogens (primary N) is 1. The average Bonchev–Trinajstić information content (AvgIpc) is 2.41. The predicted molar refractivity (Wildman–Crippen MR) is 73.6 cm³/mol. The van der Waals surface area contributed by atoms with Crippen LogP contribution in [0.5, 0.6) is 0 Å². The van der Waals surface area contributed by atoms with Gasteiger partial charge in [0.05, 0.1) is 19.1 Å². The van der Waals surface area contributed by atoms with Crippen LogP contribution in [-0.2, 0) is 6.42 Å². The summed E-state index contributed by atoms with van der Waals surface area (Å²) in [6.07, 6.45) is 4.14. The summed E-state index contributed by atoms with van der Waals surface area (Å²) in [6, 6.07) is 12.5. The highest BCUT2D eigenvalue weighted by Gasteiger charge is 2.40. The molecule has 3 fully saturated rings. The van der Waals surface area contributed by atoms with Crippen molar-refractivity contribution in [3.05, 3.63) is 35.9 Å². The number of hydrogen-bond donors (Lipinski definition) is 2. The third kappa shape index (κ3) is 2.76. The van der Waals surface area contributed by atoms with E-state index in [-0.39, 0.29) is 0 Å². The molecule has 2 nitrogen and oxygen atoms in total. The zero-order chi connectivity index (χ0) is 12.4. The molecule has 3 heterocycles. The fourth-order valence-electron chi connectivity index (χ4n) is 3.88. The van der Waals surface area contributed by atoms with Gasteiger partial charge < -0.3 is 10.2 Å². The van der Waals surface area contributed by atoms with E-state index in [1.807, 2.05) is 4.90 Å². The summed E-state index contributed by atoms with van der Waals surface area (Å²) < 4.78 is 0. The molecule has 3 saturated heterocycles. The third-order valence-electron chi connectivity index (χ3n) is 4.84. The number of fused-ring (bicyclic) bond motifs is 3. The predicted octanol–water partition coefficient (Wildman–Crippen LogP) is -0.142. The van der Waals surface area contributed by atoms with Gasteiger partial charge in [0.25, 0.3) is 0 Å². The van der Waals surface area contributed by atoms with E-state index in [1.54, 1.807) is 0 Å². The van der Waals surface area contributed by atoms with Crippen molar-refractivity contribution in [2.45, 2.75) is 38.3 Å². The monoisotopic (exact) mass is 246 g/mol. The summed E-state index contributed by atoms with van der Waals surface area (Å²) in [5.74, 6) is 1.00. The molecule has 2 atom stereocenters. The summed E-state index contributed by atoms with van der Waals surface area (Å²) in [6.45, 7) is 6.66. The van der Waals surface area contributed by atoms with Crippen molar-refractivity contribution in [3.8, 4) is 0 Å². The minimum Gasteiger partial charge on any atom is -0.336 e. The fourth-order valence-corrected chi connectivity index (χ4v) is 3.88. The van der Waals surface area contributed by atoms with Crippen molar-refractivity contribution in [2.24, 2.45) is 5.92 Å². The summed E-state index contributed by atoms with van der Waals surface area (Å²) in [4.78, 5) is 1.85. The van der Waals surface area contributed by atoms with Crippen molar-refractivity contribution < 1.29 is 10.2 Å². The summed E-state index contributed by atoms with van der Waals surface area (Å²) in [5.41, 5.74) is 1.48. The fraction of sp³-hybridized carbons (Fsp3) is 0.625. The maximum atomic E-state index is 2.66. The van der Waals surface area contributed by atoms with Gasteiger partial charge in [-0.25, -0.2) is 0 Å². The molecule has 0 spiro atoms. The quantitative estimate of drug-likeness (QED) is 0.738. The number of rotatable bonds is 4. The molecule has 0 radical (unpaired) electrons. The lowest BCUT2D eigenvalue weighted by Gasteiger charge is -2.40. The van der Waals surface area contributed by atoms with E-state index >= 15 is 0 Å². The number of benzene rings is 1. The molecule has 18 heavy (non-hydrogen) atoms. The maximum Gasteiger partial charge on any atom is 0.139 e. The van der Waals surface area contributed by atoms with Gasteiger partial charge >= 0.3 is 0 Å². The van der Waals surface area contributed by atoms with E-state index in [4.69, 9.17) is 0 Å². The first kappa shape index (κ1) is 12.2. The van der Waals surface area contributed by atoms with Gasteiger partial charge in [-0.05, 0) is 12.5 Å². The highest BCUT2D eigenvalue weighted by atomic mass is 15.2. The van der Waals surface area contributed by atoms with Gasteiger partial charge in [0.1, 0.15) is 12.6 Å². The van der Waals surface area contributed by atoms with Gasteiger partial charge in [0, 0.05) is 25.2 Å². The van der Waals surface area contributed by atoms with Crippen LogP contribution in [0.1, 0.15) is 25.3 Å². The van der Waals surface area contributed by atoms with Crippen LogP contribution in [0.15, 0.2) is 30.3 Å². The van der Waals surface area contributed by atoms with Crippen molar-refractivity contribution in [1.29, 1.82) is 0 Å². The lowest BCUT2D eigenvalue weighted by Crippen LogP contribution is -3.21. The Balaban J connectivity index is 1.53. The number of nitrogens with one attached hydrogen (secondary N) is 1. The van der Waals surface area contributed by atoms with E-state index in [0.717, 1.165) is 18.0 Å². The summed E-state index contributed by atoms with van der Waals surface area (Å²) in [7, 11) is 0. The SMILES string of the molecule is C[C@@H](Cc1ccccc1)[NH2+][C@@H]1C[NH+]2CCC1CC2. The molecule has 0 amide bonds. The molecule has 1 aromatic carbocycles. The Morgan fingerprint density at radius 2 is 1.94 bits per heavy atom. The molecular weight excluding hydrogens is 220 g/mol. The Bertz CT molecular complexity index is 368. The van der Waals surface area contributed by atoms with Crippen LogP contribution >= 0.6 is 0 Å². The molecule has 2 bridgehead atoms. The maximum absolute atomic E-state index is 2.66. The number of hydrogen-bond acceptors (Lipinski definition) is 0. The first-order valence-electron chi connectivity index (χ1n) is 7.54. The standard InChI is InChI=1S/C16H24N2/c1-13(11-14-5-3-2-4-6-14)17-16-12-18-9-7-15(16)8-10-18/h2-6,13,15-17H,7-12H2,1H3/p+2/t13-,16+/m0/s1. The van der Waals surface area contributed by atoms with E-state index in [1.165, 1.54) is 44.5 Å². The average molecular weight is 246 g/mol. The molecule has 0 unspecified atom stereocenters. The van der Waals surface area contributed by atoms with Crippen LogP contribution in [0.3, 0.4) is 0 Å². The molecule has 0 saturated carbocycles. The number of piperidine rings is 3. The van der Waals surface area contributed by atoms with Crippen molar-refractivity contribution >= 4 is 0 Å². The molecule has 3 aliphatic heterocycles. The third-order valence-corrected chi connectivity index (χ3v) is 4.84. The van der Waals surface area contributed by atoms with Crippen LogP contribution in [0, 0.1) is 5.92 Å². The Kier molecular flexibility index (Phi) is 3.67. The molecule has 0 aromatic heterocycles. The Morgan fingerprint density at radius 3 is 2.56 bits per heavy atom. The lowest BCUT2D eigenvalue weighted by atomic mass is 9.83. The first-order valence-corrected chi connectivity index (χ1v) is 7.54. The molecule has 0 aliphatic carbocycles. The largest absolute Gasteiger partial charge is 0.336 e. The summed E-state index contributed by atoms with van der Waals surface area (Å²) in [5, 5.41) is 2.66. The lowest BCUT2D eigenvalue weighted by molar-refractivity contribution is -0.944. The topological polar surface area (TPSA) is 21.1 Å². The molecule has 98 valence electrons. The molecule has 4 rings (SSSR count). The van der Waals surface area contributed by atoms with Crippen molar-refractivity contribution in [1.82, 2.24) is 0 Å². The normalized spacial score (nSPS) is 32.4. The van der Waals surface area contributed by atoms with Crippen LogP contribution < -0.4 is 10.2 Å². The Morgan fingerprint density at radius 1 is 1.22 bits per heavy atom. The highest BCUT2D eigenvalue weighted by molar-refractivity contribution is 5.15. The number of quaternary nitrogens is 2. The van der Waals surface area contributed by atoms with E-state index in [0.29, 0.717) is 0 Å². The second-order valence-electron chi connectivity index (χ2n) is 6.31. The van der Waals surface area contributed by atoms with Gasteiger partial charge in [-0.2, -0.15) is 0 Å². The smallest absolute Gasteiger partial charge is 0.139 e. The second-order valence-corrected chi connectivity index (χ2v) is 6.31. The van der Waals surface area contributed by atoms with Gasteiger partial charge in [0.15, 0.2) is 0 Å². The van der Waals surface area contributed by atoms with E-state index < -0.39 is 0 Å². The highest BCUT2D eigenvalue weighted by Crippen LogP contribution is 2.15. The van der Waals surface area contributed by atoms with Crippen LogP contribution in [0.2, 0.25) is 0 Å². The van der Waals surface area contributed by atoms with Crippen LogP contribution in [-0.4, -0.2) is 31.7 Å². The molecular formula is C16H26N2+2. The zero-order valence-electron chi connectivity index (χ0n) is 11.4. The Labute approximate surface area is 110 Å². The molecule has 3 N–H and O–H groups in total. The van der Waals surface area contributed by atoms with Gasteiger partial charge in [-0.3, -0.25) is 0 Å². The van der Waals surface area contributed by atoms with Crippen molar-refractivity contribution in [2.75, 3.05) is 19.6 Å². The van der Waals surface area contributed by atoms with Crippen LogP contribution in [0.25, 0.3) is 0 Å². The van der Waals surface area contributed by atoms with E-state index in [9.17, 15) is 0 Å². The molecule has 1 aromatic rings. The van der Waals surface area contributed by atoms with Gasteiger partial charge in [-0.1, -0.05) is 30.3 Å². The Hall–Kier alpha value is -0.860. The summed E-state index contributed by atoms with van der Waals surface area (Å²) >= 11 is 0. The zero-order valence-corrected chi connectivity index (χ0v) is 11.4. The molecule has 3 aliphatic rings. The minimum absolute atomic E-state index is 0.720. The van der Waals surface area contributed by atoms with Crippen molar-refractivity contribution in [3.63, 3.8) is 0 Å². The second kappa shape index (κ2) is 5.41. The first-order chi connectivity index (χ1) is 8.81. The van der Waals surface area contributed by atoms with Crippen LogP contribution in [0.4, 0.5) is 0 Å². The minimum atomic E-state index is 0.720.